The maximum absolute atomic E-state index is 10.1. The van der Waals surface area contributed by atoms with Gasteiger partial charge in [0.1, 0.15) is 0 Å². The fourth-order valence-corrected chi connectivity index (χ4v) is 2.30. The predicted molar refractivity (Wildman–Crippen MR) is 123 cm³/mol. The van der Waals surface area contributed by atoms with E-state index in [0.717, 1.165) is 0 Å². The van der Waals surface area contributed by atoms with Crippen molar-refractivity contribution in [1.29, 1.82) is 0 Å². The maximum Gasteiger partial charge on any atom is 0.0715 e. The SMILES string of the molecule is O=C([O-])c1ccccc1.O=C([O-])c1ccccc1.O=C([O-])c1ccccc1.O=C([O-])c1ccccc1.[Re]. The number of benzene rings is 4. The molecular weight excluding hydrogens is 651 g/mol. The fraction of sp³-hybridized carbons (Fsp3) is 0. The molecule has 4 rings (SSSR count). The number of carbonyl (C=O) groups excluding carboxylic acids is 4. The molecule has 0 saturated heterocycles. The van der Waals surface area contributed by atoms with Gasteiger partial charge in [0.25, 0.3) is 0 Å². The van der Waals surface area contributed by atoms with Crippen molar-refractivity contribution in [2.45, 2.75) is 0 Å². The van der Waals surface area contributed by atoms with Crippen LogP contribution >= 0.6 is 0 Å². The van der Waals surface area contributed by atoms with Crippen molar-refractivity contribution in [2.75, 3.05) is 0 Å². The number of rotatable bonds is 4. The largest absolute Gasteiger partial charge is 0.545 e. The number of carboxylic acid groups (broad SMARTS) is 4. The number of aromatic carboxylic acids is 4. The fourth-order valence-electron chi connectivity index (χ4n) is 2.30. The molecule has 0 atom stereocenters. The van der Waals surface area contributed by atoms with Crippen LogP contribution in [0.15, 0.2) is 121 Å². The zero-order valence-corrected chi connectivity index (χ0v) is 21.9. The molecule has 8 nitrogen and oxygen atoms in total. The molecule has 0 heterocycles. The number of hydrogen-bond acceptors (Lipinski definition) is 8. The summed E-state index contributed by atoms with van der Waals surface area (Å²) in [6, 6.07) is 32.3. The molecule has 4 aromatic rings. The van der Waals surface area contributed by atoms with E-state index in [1.807, 2.05) is 0 Å². The van der Waals surface area contributed by atoms with Crippen molar-refractivity contribution in [3.63, 3.8) is 0 Å². The quantitative estimate of drug-likeness (QED) is 0.298. The summed E-state index contributed by atoms with van der Waals surface area (Å²) in [6.45, 7) is 0. The first-order chi connectivity index (χ1) is 17.2. The molecule has 4 aromatic carbocycles. The maximum atomic E-state index is 10.1. The van der Waals surface area contributed by atoms with Crippen LogP contribution in [0.4, 0.5) is 0 Å². The molecule has 0 unspecified atom stereocenters. The van der Waals surface area contributed by atoms with Gasteiger partial charge in [-0.3, -0.25) is 0 Å². The molecule has 0 fully saturated rings. The monoisotopic (exact) mass is 671 g/mol. The molecule has 0 amide bonds. The number of carbonyl (C=O) groups is 4. The third-order valence-corrected chi connectivity index (χ3v) is 4.04. The van der Waals surface area contributed by atoms with Crippen LogP contribution in [0.2, 0.25) is 0 Å². The van der Waals surface area contributed by atoms with Crippen LogP contribution in [0.5, 0.6) is 0 Å². The first-order valence-electron chi connectivity index (χ1n) is 10.3. The molecule has 191 valence electrons. The second-order valence-corrected chi connectivity index (χ2v) is 6.61. The van der Waals surface area contributed by atoms with Crippen LogP contribution < -0.4 is 20.4 Å². The molecule has 1 radical (unpaired) electrons. The summed E-state index contributed by atoms with van der Waals surface area (Å²) >= 11 is 0. The third-order valence-electron chi connectivity index (χ3n) is 4.04. The van der Waals surface area contributed by atoms with Crippen LogP contribution in [0.3, 0.4) is 0 Å². The Labute approximate surface area is 227 Å². The second-order valence-electron chi connectivity index (χ2n) is 6.61. The van der Waals surface area contributed by atoms with Gasteiger partial charge in [-0.2, -0.15) is 0 Å². The summed E-state index contributed by atoms with van der Waals surface area (Å²) < 4.78 is 0. The van der Waals surface area contributed by atoms with Crippen LogP contribution in [-0.2, 0) is 20.4 Å². The van der Waals surface area contributed by atoms with E-state index in [4.69, 9.17) is 0 Å². The van der Waals surface area contributed by atoms with E-state index in [1.165, 1.54) is 48.5 Å². The smallest absolute Gasteiger partial charge is 0.0715 e. The van der Waals surface area contributed by atoms with Gasteiger partial charge in [0.15, 0.2) is 0 Å². The molecule has 37 heavy (non-hydrogen) atoms. The Bertz CT molecular complexity index is 1020. The summed E-state index contributed by atoms with van der Waals surface area (Å²) in [4.78, 5) is 40.4. The normalized spacial score (nSPS) is 8.65. The number of carboxylic acids is 4. The first-order valence-corrected chi connectivity index (χ1v) is 10.3. The van der Waals surface area contributed by atoms with Crippen LogP contribution in [0, 0.1) is 0 Å². The predicted octanol–water partition coefficient (Wildman–Crippen LogP) is 0.198. The van der Waals surface area contributed by atoms with E-state index in [0.29, 0.717) is 0 Å². The molecule has 0 saturated carbocycles. The molecule has 0 aromatic heterocycles. The third kappa shape index (κ3) is 14.4. The Balaban J connectivity index is 0.000000463. The minimum atomic E-state index is -1.13. The zero-order valence-electron chi connectivity index (χ0n) is 19.2. The summed E-state index contributed by atoms with van der Waals surface area (Å²) in [6.07, 6.45) is 0. The first kappa shape index (κ1) is 32.4. The van der Waals surface area contributed by atoms with Crippen molar-refractivity contribution in [1.82, 2.24) is 0 Å². The van der Waals surface area contributed by atoms with Crippen LogP contribution in [0.1, 0.15) is 41.4 Å². The number of hydrogen-bond donors (Lipinski definition) is 0. The Morgan fingerprint density at radius 1 is 0.324 bits per heavy atom. The van der Waals surface area contributed by atoms with Crippen LogP contribution in [0.25, 0.3) is 0 Å². The molecule has 0 aliphatic heterocycles. The van der Waals surface area contributed by atoms with Crippen molar-refractivity contribution < 1.29 is 60.0 Å². The molecule has 0 aliphatic rings. The minimum Gasteiger partial charge on any atom is -0.545 e. The molecule has 0 spiro atoms. The van der Waals surface area contributed by atoms with Gasteiger partial charge in [0, 0.05) is 20.4 Å². The van der Waals surface area contributed by atoms with Crippen molar-refractivity contribution in [3.8, 4) is 0 Å². The Kier molecular flexibility index (Phi) is 16.4. The van der Waals surface area contributed by atoms with Gasteiger partial charge >= 0.3 is 0 Å². The topological polar surface area (TPSA) is 161 Å². The second kappa shape index (κ2) is 18.7. The van der Waals surface area contributed by atoms with Crippen molar-refractivity contribution >= 4 is 23.9 Å². The summed E-state index contributed by atoms with van der Waals surface area (Å²) in [5.74, 6) is -4.52. The van der Waals surface area contributed by atoms with Crippen LogP contribution in [-0.4, -0.2) is 23.9 Å². The molecule has 9 heteroatoms. The average molecular weight is 671 g/mol. The minimum absolute atomic E-state index is 0. The van der Waals surface area contributed by atoms with E-state index >= 15 is 0 Å². The summed E-state index contributed by atoms with van der Waals surface area (Å²) in [7, 11) is 0. The van der Waals surface area contributed by atoms with Gasteiger partial charge in [0.05, 0.1) is 23.9 Å². The molecule has 0 aliphatic carbocycles. The summed E-state index contributed by atoms with van der Waals surface area (Å²) in [5, 5.41) is 40.4. The van der Waals surface area contributed by atoms with E-state index in [1.54, 1.807) is 72.8 Å². The average Bonchev–Trinajstić information content (AvgIpc) is 2.92. The van der Waals surface area contributed by atoms with Gasteiger partial charge in [-0.15, -0.1) is 0 Å². The molecule has 0 bridgehead atoms. The van der Waals surface area contributed by atoms with Gasteiger partial charge in [-0.1, -0.05) is 121 Å². The van der Waals surface area contributed by atoms with E-state index < -0.39 is 23.9 Å². The van der Waals surface area contributed by atoms with Crippen molar-refractivity contribution in [3.05, 3.63) is 144 Å². The Morgan fingerprint density at radius 3 is 0.541 bits per heavy atom. The Hall–Kier alpha value is -4.58. The van der Waals surface area contributed by atoms with E-state index in [-0.39, 0.29) is 42.7 Å². The summed E-state index contributed by atoms with van der Waals surface area (Å²) in [5.41, 5.74) is 0.880. The molecular formula is C28H20O8Re-4. The van der Waals surface area contributed by atoms with Gasteiger partial charge in [0.2, 0.25) is 0 Å². The van der Waals surface area contributed by atoms with Gasteiger partial charge < -0.3 is 39.6 Å². The zero-order chi connectivity index (χ0) is 26.8. The van der Waals surface area contributed by atoms with Gasteiger partial charge in [-0.05, 0) is 22.3 Å². The molecule has 0 N–H and O–H groups in total. The van der Waals surface area contributed by atoms with E-state index in [2.05, 4.69) is 0 Å². The van der Waals surface area contributed by atoms with E-state index in [9.17, 15) is 39.6 Å². The Morgan fingerprint density at radius 2 is 0.459 bits per heavy atom. The van der Waals surface area contributed by atoms with Gasteiger partial charge in [-0.25, -0.2) is 0 Å². The standard InChI is InChI=1S/4C7H6O2.Re/c4*8-7(9)6-4-2-1-3-5-6;/h4*1-5H,(H,8,9);/p-4. The van der Waals surface area contributed by atoms with Crippen molar-refractivity contribution in [2.24, 2.45) is 0 Å².